The molecule has 0 aliphatic carbocycles. The first-order valence-electron chi connectivity index (χ1n) is 22.1. The van der Waals surface area contributed by atoms with Gasteiger partial charge in [-0.05, 0) is 125 Å². The highest BCUT2D eigenvalue weighted by Gasteiger charge is 2.25. The molecule has 6 aromatic rings. The van der Waals surface area contributed by atoms with Crippen molar-refractivity contribution in [2.24, 2.45) is 11.8 Å². The van der Waals surface area contributed by atoms with Crippen LogP contribution in [0.5, 0.6) is 0 Å². The van der Waals surface area contributed by atoms with E-state index in [1.807, 2.05) is 6.92 Å². The fourth-order valence-electron chi connectivity index (χ4n) is 7.99. The predicted molar refractivity (Wildman–Crippen MR) is 255 cm³/mol. The van der Waals surface area contributed by atoms with Crippen molar-refractivity contribution < 1.29 is 30.2 Å². The average Bonchev–Trinajstić information content (AvgIpc) is 3.84. The molecule has 2 atom stereocenters. The summed E-state index contributed by atoms with van der Waals surface area (Å²) in [6, 6.07) is 11.9. The van der Waals surface area contributed by atoms with E-state index >= 15 is 0 Å². The zero-order valence-electron chi connectivity index (χ0n) is 38.0. The zero-order chi connectivity index (χ0) is 46.8. The highest BCUT2D eigenvalue weighted by Crippen LogP contribution is 2.33. The molecule has 4 aromatic heterocycles. The van der Waals surface area contributed by atoms with Crippen molar-refractivity contribution in [3.05, 3.63) is 105 Å². The Morgan fingerprint density at radius 1 is 0.662 bits per heavy atom. The Bertz CT molecular complexity index is 2560. The summed E-state index contributed by atoms with van der Waals surface area (Å²) in [6.07, 6.45) is 9.68. The molecule has 2 aromatic carbocycles. The molecule has 18 heteroatoms. The molecule has 2 unspecified atom stereocenters. The van der Waals surface area contributed by atoms with Gasteiger partial charge in [0.25, 0.3) is 10.1 Å². The maximum absolute atomic E-state index is 13.6. The molecule has 0 bridgehead atoms. The molecule has 65 heavy (non-hydrogen) atoms. The topological polar surface area (TPSA) is 134 Å². The molecule has 2 aliphatic heterocycles. The van der Waals surface area contributed by atoms with Crippen LogP contribution in [0, 0.1) is 35.1 Å². The van der Waals surface area contributed by atoms with Crippen LogP contribution in [0.1, 0.15) is 100 Å². The van der Waals surface area contributed by atoms with Gasteiger partial charge in [-0.15, -0.1) is 22.7 Å². The molecule has 2 fully saturated rings. The first kappa shape index (κ1) is 50.1. The molecule has 11 nitrogen and oxygen atoms in total. The van der Waals surface area contributed by atoms with E-state index < -0.39 is 39.5 Å². The van der Waals surface area contributed by atoms with Crippen LogP contribution in [0.15, 0.2) is 61.2 Å². The number of piperidine rings is 2. The third-order valence-corrected chi connectivity index (χ3v) is 13.9. The SMILES string of the molecule is CC(C)Cc1cc2c(NC3CCN(C(C)c4cc(F)cc(F)c4)CC3)ncnc2s1.CC(C)Cc1cc2c(NC3CCNCC3)ncnc2s1.CC(OS(C)(=O)=O)c1cc(F)cc(F)c1. The summed E-state index contributed by atoms with van der Waals surface area (Å²) in [6.45, 7) is 16.3. The molecular formula is C47H60F4N8O3S3. The van der Waals surface area contributed by atoms with E-state index in [2.05, 4.69) is 84.8 Å². The minimum Gasteiger partial charge on any atom is -0.367 e. The molecule has 8 rings (SSSR count). The summed E-state index contributed by atoms with van der Waals surface area (Å²) in [7, 11) is -3.64. The molecule has 0 saturated carbocycles. The van der Waals surface area contributed by atoms with E-state index in [9.17, 15) is 26.0 Å². The number of aromatic nitrogens is 4. The number of anilines is 2. The molecule has 2 saturated heterocycles. The standard InChI is InChI=1S/C23H28F2N4S.C15H22N4S.C9H10F2O3S/c1-14(2)8-20-12-21-22(26-13-27-23(21)30-20)28-19-4-6-29(7-5-19)15(3)16-9-17(24)11-18(25)10-16;1-10(2)7-12-8-13-14(17-9-18-15(13)20-12)19-11-3-5-16-6-4-11;1-6(14-15(2,12)13)7-3-8(10)5-9(11)4-7/h9-15,19H,4-8H2,1-3H3,(H,26,27,28);8-11,16H,3-7H2,1-2H3,(H,17,18,19);3-6H,1-2H3. The lowest BCUT2D eigenvalue weighted by molar-refractivity contribution is 0.167. The minimum absolute atomic E-state index is 0.0163. The number of thiophene rings is 2. The van der Waals surface area contributed by atoms with Crippen molar-refractivity contribution in [3.63, 3.8) is 0 Å². The number of hydrogen-bond acceptors (Lipinski definition) is 13. The summed E-state index contributed by atoms with van der Waals surface area (Å²) in [5, 5.41) is 12.9. The first-order valence-corrected chi connectivity index (χ1v) is 25.6. The molecule has 352 valence electrons. The van der Waals surface area contributed by atoms with Gasteiger partial charge in [0, 0.05) is 53.1 Å². The maximum Gasteiger partial charge on any atom is 0.264 e. The number of nitrogens with one attached hydrogen (secondary N) is 3. The van der Waals surface area contributed by atoms with Gasteiger partial charge >= 0.3 is 0 Å². The normalized spacial score (nSPS) is 16.3. The fourth-order valence-corrected chi connectivity index (χ4v) is 11.0. The van der Waals surface area contributed by atoms with E-state index in [-0.39, 0.29) is 11.6 Å². The van der Waals surface area contributed by atoms with Gasteiger partial charge in [-0.3, -0.25) is 9.08 Å². The van der Waals surface area contributed by atoms with Gasteiger partial charge in [0.1, 0.15) is 57.2 Å². The zero-order valence-corrected chi connectivity index (χ0v) is 40.5. The van der Waals surface area contributed by atoms with Crippen LogP contribution >= 0.6 is 22.7 Å². The molecule has 0 amide bonds. The van der Waals surface area contributed by atoms with E-state index in [0.717, 1.165) is 116 Å². The van der Waals surface area contributed by atoms with E-state index in [1.54, 1.807) is 35.3 Å². The predicted octanol–water partition coefficient (Wildman–Crippen LogP) is 10.9. The van der Waals surface area contributed by atoms with Crippen molar-refractivity contribution in [1.82, 2.24) is 30.2 Å². The monoisotopic (exact) mass is 956 g/mol. The summed E-state index contributed by atoms with van der Waals surface area (Å²) in [4.78, 5) is 25.0. The molecule has 3 N–H and O–H groups in total. The second-order valence-electron chi connectivity index (χ2n) is 17.7. The van der Waals surface area contributed by atoms with Crippen molar-refractivity contribution in [3.8, 4) is 0 Å². The van der Waals surface area contributed by atoms with Crippen LogP contribution < -0.4 is 16.0 Å². The Kier molecular flexibility index (Phi) is 17.7. The Morgan fingerprint density at radius 3 is 1.52 bits per heavy atom. The lowest BCUT2D eigenvalue weighted by atomic mass is 10.00. The van der Waals surface area contributed by atoms with E-state index in [4.69, 9.17) is 0 Å². The number of hydrogen-bond donors (Lipinski definition) is 3. The highest BCUT2D eigenvalue weighted by atomic mass is 32.2. The minimum atomic E-state index is -3.64. The molecular weight excluding hydrogens is 897 g/mol. The van der Waals surface area contributed by atoms with Crippen LogP contribution in [0.4, 0.5) is 29.2 Å². The van der Waals surface area contributed by atoms with Gasteiger partial charge in [-0.25, -0.2) is 37.5 Å². The van der Waals surface area contributed by atoms with Gasteiger partial charge in [-0.2, -0.15) is 8.42 Å². The van der Waals surface area contributed by atoms with Gasteiger partial charge in [0.15, 0.2) is 0 Å². The van der Waals surface area contributed by atoms with Gasteiger partial charge in [0.2, 0.25) is 0 Å². The lowest BCUT2D eigenvalue weighted by Crippen LogP contribution is -2.40. The van der Waals surface area contributed by atoms with E-state index in [1.165, 1.54) is 34.2 Å². The first-order chi connectivity index (χ1) is 30.9. The Morgan fingerprint density at radius 2 is 1.09 bits per heavy atom. The number of benzene rings is 2. The summed E-state index contributed by atoms with van der Waals surface area (Å²) >= 11 is 3.54. The van der Waals surface area contributed by atoms with Crippen LogP contribution in [0.3, 0.4) is 0 Å². The second kappa shape index (κ2) is 22.9. The van der Waals surface area contributed by atoms with Crippen LogP contribution in [-0.2, 0) is 27.1 Å². The fraction of sp³-hybridized carbons (Fsp3) is 0.489. The largest absolute Gasteiger partial charge is 0.367 e. The number of rotatable bonds is 13. The molecule has 0 radical (unpaired) electrons. The number of likely N-dealkylation sites (tertiary alicyclic amines) is 1. The van der Waals surface area contributed by atoms with Crippen LogP contribution in [0.25, 0.3) is 20.4 Å². The van der Waals surface area contributed by atoms with Crippen LogP contribution in [-0.4, -0.2) is 77.8 Å². The Balaban J connectivity index is 0.000000173. The number of halogens is 4. The third-order valence-electron chi connectivity index (χ3n) is 11.1. The number of fused-ring (bicyclic) bond motifs is 2. The van der Waals surface area contributed by atoms with E-state index in [0.29, 0.717) is 35.5 Å². The van der Waals surface area contributed by atoms with Crippen molar-refractivity contribution in [1.29, 1.82) is 0 Å². The highest BCUT2D eigenvalue weighted by molar-refractivity contribution is 7.86. The van der Waals surface area contributed by atoms with Crippen molar-refractivity contribution >= 4 is 64.9 Å². The van der Waals surface area contributed by atoms with Crippen molar-refractivity contribution in [2.45, 2.75) is 104 Å². The maximum atomic E-state index is 13.6. The average molecular weight is 957 g/mol. The third kappa shape index (κ3) is 15.1. The number of nitrogens with zero attached hydrogens (tertiary/aromatic N) is 5. The van der Waals surface area contributed by atoms with Gasteiger partial charge in [-0.1, -0.05) is 27.7 Å². The van der Waals surface area contributed by atoms with Crippen molar-refractivity contribution in [2.75, 3.05) is 43.1 Å². The smallest absolute Gasteiger partial charge is 0.264 e. The molecule has 0 spiro atoms. The van der Waals surface area contributed by atoms with Gasteiger partial charge < -0.3 is 16.0 Å². The molecule has 6 heterocycles. The van der Waals surface area contributed by atoms with Gasteiger partial charge in [0.05, 0.1) is 23.1 Å². The summed E-state index contributed by atoms with van der Waals surface area (Å²) in [5.41, 5.74) is 0.824. The van der Waals surface area contributed by atoms with Crippen LogP contribution in [0.2, 0.25) is 0 Å². The summed E-state index contributed by atoms with van der Waals surface area (Å²) < 4.78 is 78.8. The quantitative estimate of drug-likeness (QED) is 0.0754. The summed E-state index contributed by atoms with van der Waals surface area (Å²) in [5.74, 6) is 0.626. The lowest BCUT2D eigenvalue weighted by Gasteiger charge is -2.36. The second-order valence-corrected chi connectivity index (χ2v) is 21.5. The molecule has 2 aliphatic rings. The Hall–Kier alpha value is -4.33. The Labute approximate surface area is 388 Å².